The first-order chi connectivity index (χ1) is 12.6. The zero-order chi connectivity index (χ0) is 18.8. The van der Waals surface area contributed by atoms with E-state index in [1.807, 2.05) is 24.3 Å². The summed E-state index contributed by atoms with van der Waals surface area (Å²) in [5.74, 6) is 1.90. The number of methoxy groups -OCH3 is 1. The van der Waals surface area contributed by atoms with Crippen molar-refractivity contribution in [1.82, 2.24) is 5.32 Å². The lowest BCUT2D eigenvalue weighted by atomic mass is 10.1. The number of hydrogen-bond donors (Lipinski definition) is 1. The Bertz CT molecular complexity index is 685. The fraction of sp³-hybridized carbons (Fsp3) is 0.381. The molecule has 5 nitrogen and oxygen atoms in total. The molecule has 1 N–H and O–H groups in total. The Morgan fingerprint density at radius 2 is 1.81 bits per heavy atom. The fourth-order valence-corrected chi connectivity index (χ4v) is 2.46. The van der Waals surface area contributed by atoms with Crippen LogP contribution < -0.4 is 19.5 Å². The average molecular weight is 357 g/mol. The molecule has 26 heavy (non-hydrogen) atoms. The van der Waals surface area contributed by atoms with Crippen molar-refractivity contribution in [3.63, 3.8) is 0 Å². The second kappa shape index (κ2) is 10.3. The fourth-order valence-electron chi connectivity index (χ4n) is 2.46. The van der Waals surface area contributed by atoms with Crippen LogP contribution in [0.25, 0.3) is 0 Å². The van der Waals surface area contributed by atoms with Crippen molar-refractivity contribution < 1.29 is 19.0 Å². The molecule has 0 aliphatic rings. The lowest BCUT2D eigenvalue weighted by Gasteiger charge is -2.15. The highest BCUT2D eigenvalue weighted by Gasteiger charge is 2.14. The molecule has 0 unspecified atom stereocenters. The standard InChI is InChI=1S/C21H27NO4/c1-4-6-17-9-11-18(12-10-17)25-14-13-22-21(23)16(2)26-20-8-5-7-19(15-20)24-3/h5,7-12,15-16H,4,6,13-14H2,1-3H3,(H,22,23)/t16-/m1/s1. The van der Waals surface area contributed by atoms with Crippen molar-refractivity contribution in [2.24, 2.45) is 0 Å². The van der Waals surface area contributed by atoms with Gasteiger partial charge in [0.2, 0.25) is 0 Å². The highest BCUT2D eigenvalue weighted by atomic mass is 16.5. The van der Waals surface area contributed by atoms with Gasteiger partial charge in [0.15, 0.2) is 6.10 Å². The van der Waals surface area contributed by atoms with E-state index in [9.17, 15) is 4.79 Å². The van der Waals surface area contributed by atoms with E-state index in [0.29, 0.717) is 24.7 Å². The summed E-state index contributed by atoms with van der Waals surface area (Å²) < 4.78 is 16.4. The summed E-state index contributed by atoms with van der Waals surface area (Å²) in [6.07, 6.45) is 1.60. The van der Waals surface area contributed by atoms with Gasteiger partial charge in [0.25, 0.3) is 5.91 Å². The number of nitrogens with one attached hydrogen (secondary N) is 1. The molecule has 0 heterocycles. The second-order valence-electron chi connectivity index (χ2n) is 5.97. The first kappa shape index (κ1) is 19.6. The van der Waals surface area contributed by atoms with Gasteiger partial charge in [0.1, 0.15) is 23.9 Å². The summed E-state index contributed by atoms with van der Waals surface area (Å²) in [5, 5.41) is 2.81. The number of rotatable bonds is 10. The molecule has 0 saturated carbocycles. The van der Waals surface area contributed by atoms with E-state index in [1.165, 1.54) is 5.56 Å². The number of amides is 1. The minimum absolute atomic E-state index is 0.185. The van der Waals surface area contributed by atoms with Crippen molar-refractivity contribution in [2.45, 2.75) is 32.8 Å². The molecule has 2 aromatic carbocycles. The molecule has 5 heteroatoms. The molecule has 1 atom stereocenters. The third kappa shape index (κ3) is 6.31. The average Bonchev–Trinajstić information content (AvgIpc) is 2.66. The molecule has 2 rings (SSSR count). The topological polar surface area (TPSA) is 56.8 Å². The Labute approximate surface area is 155 Å². The Kier molecular flexibility index (Phi) is 7.80. The number of benzene rings is 2. The van der Waals surface area contributed by atoms with Gasteiger partial charge in [-0.3, -0.25) is 4.79 Å². The molecule has 0 aromatic heterocycles. The molecule has 0 bridgehead atoms. The van der Waals surface area contributed by atoms with E-state index < -0.39 is 6.10 Å². The number of carbonyl (C=O) groups is 1. The molecule has 2 aromatic rings. The van der Waals surface area contributed by atoms with E-state index in [4.69, 9.17) is 14.2 Å². The largest absolute Gasteiger partial charge is 0.497 e. The third-order valence-electron chi connectivity index (χ3n) is 3.86. The zero-order valence-electron chi connectivity index (χ0n) is 15.7. The Morgan fingerprint density at radius 1 is 1.08 bits per heavy atom. The lowest BCUT2D eigenvalue weighted by molar-refractivity contribution is -0.127. The van der Waals surface area contributed by atoms with Gasteiger partial charge in [-0.05, 0) is 43.2 Å². The summed E-state index contributed by atoms with van der Waals surface area (Å²) in [6.45, 7) is 4.69. The summed E-state index contributed by atoms with van der Waals surface area (Å²) in [7, 11) is 1.59. The van der Waals surface area contributed by atoms with Crippen LogP contribution in [0.15, 0.2) is 48.5 Å². The van der Waals surface area contributed by atoms with E-state index in [-0.39, 0.29) is 5.91 Å². The molecular formula is C21H27NO4. The van der Waals surface area contributed by atoms with Gasteiger partial charge in [-0.2, -0.15) is 0 Å². The van der Waals surface area contributed by atoms with Crippen LogP contribution >= 0.6 is 0 Å². The molecule has 0 radical (unpaired) electrons. The van der Waals surface area contributed by atoms with Crippen molar-refractivity contribution in [1.29, 1.82) is 0 Å². The maximum Gasteiger partial charge on any atom is 0.260 e. The maximum absolute atomic E-state index is 12.1. The van der Waals surface area contributed by atoms with Crippen LogP contribution in [-0.4, -0.2) is 32.3 Å². The molecule has 0 aliphatic heterocycles. The van der Waals surface area contributed by atoms with Gasteiger partial charge in [-0.1, -0.05) is 31.5 Å². The van der Waals surface area contributed by atoms with Gasteiger partial charge < -0.3 is 19.5 Å². The van der Waals surface area contributed by atoms with Crippen molar-refractivity contribution in [3.8, 4) is 17.2 Å². The van der Waals surface area contributed by atoms with Crippen LogP contribution in [0.3, 0.4) is 0 Å². The third-order valence-corrected chi connectivity index (χ3v) is 3.86. The van der Waals surface area contributed by atoms with E-state index >= 15 is 0 Å². The van der Waals surface area contributed by atoms with Crippen LogP contribution in [0.5, 0.6) is 17.2 Å². The first-order valence-electron chi connectivity index (χ1n) is 8.92. The van der Waals surface area contributed by atoms with Crippen LogP contribution in [0.4, 0.5) is 0 Å². The number of ether oxygens (including phenoxy) is 3. The molecule has 0 saturated heterocycles. The summed E-state index contributed by atoms with van der Waals surface area (Å²) in [4.78, 5) is 12.1. The smallest absolute Gasteiger partial charge is 0.260 e. The molecule has 1 amide bonds. The first-order valence-corrected chi connectivity index (χ1v) is 8.92. The summed E-state index contributed by atoms with van der Waals surface area (Å²) in [6, 6.07) is 15.2. The van der Waals surface area contributed by atoms with Crippen LogP contribution in [-0.2, 0) is 11.2 Å². The predicted octanol–water partition coefficient (Wildman–Crippen LogP) is 3.61. The van der Waals surface area contributed by atoms with Gasteiger partial charge >= 0.3 is 0 Å². The summed E-state index contributed by atoms with van der Waals surface area (Å²) in [5.41, 5.74) is 1.30. The van der Waals surface area contributed by atoms with Crippen LogP contribution in [0.1, 0.15) is 25.8 Å². The number of aryl methyl sites for hydroxylation is 1. The van der Waals surface area contributed by atoms with Crippen molar-refractivity contribution in [2.75, 3.05) is 20.3 Å². The number of hydrogen-bond acceptors (Lipinski definition) is 4. The quantitative estimate of drug-likeness (QED) is 0.660. The minimum atomic E-state index is -0.601. The predicted molar refractivity (Wildman–Crippen MR) is 102 cm³/mol. The van der Waals surface area contributed by atoms with E-state index in [1.54, 1.807) is 26.2 Å². The molecule has 0 fully saturated rings. The second-order valence-corrected chi connectivity index (χ2v) is 5.97. The van der Waals surface area contributed by atoms with E-state index in [0.717, 1.165) is 18.6 Å². The number of carbonyl (C=O) groups excluding carboxylic acids is 1. The maximum atomic E-state index is 12.1. The van der Waals surface area contributed by atoms with Gasteiger partial charge in [-0.15, -0.1) is 0 Å². The Hall–Kier alpha value is -2.69. The highest BCUT2D eigenvalue weighted by Crippen LogP contribution is 2.20. The molecule has 0 aliphatic carbocycles. The lowest BCUT2D eigenvalue weighted by Crippen LogP contribution is -2.38. The normalized spacial score (nSPS) is 11.5. The SMILES string of the molecule is CCCc1ccc(OCCNC(=O)[C@@H](C)Oc2cccc(OC)c2)cc1. The molecular weight excluding hydrogens is 330 g/mol. The molecule has 0 spiro atoms. The minimum Gasteiger partial charge on any atom is -0.497 e. The van der Waals surface area contributed by atoms with Gasteiger partial charge in [0.05, 0.1) is 13.7 Å². The van der Waals surface area contributed by atoms with Gasteiger partial charge in [0, 0.05) is 6.07 Å². The Balaban J connectivity index is 1.70. The van der Waals surface area contributed by atoms with Crippen molar-refractivity contribution >= 4 is 5.91 Å². The summed E-state index contributed by atoms with van der Waals surface area (Å²) >= 11 is 0. The van der Waals surface area contributed by atoms with Crippen LogP contribution in [0, 0.1) is 0 Å². The van der Waals surface area contributed by atoms with Crippen LogP contribution in [0.2, 0.25) is 0 Å². The van der Waals surface area contributed by atoms with Gasteiger partial charge in [-0.25, -0.2) is 0 Å². The zero-order valence-corrected chi connectivity index (χ0v) is 15.7. The Morgan fingerprint density at radius 3 is 2.50 bits per heavy atom. The monoisotopic (exact) mass is 357 g/mol. The van der Waals surface area contributed by atoms with E-state index in [2.05, 4.69) is 24.4 Å². The molecule has 140 valence electrons. The highest BCUT2D eigenvalue weighted by molar-refractivity contribution is 5.80. The van der Waals surface area contributed by atoms with Crippen molar-refractivity contribution in [3.05, 3.63) is 54.1 Å².